The Hall–Kier alpha value is -0.0900. The van der Waals surface area contributed by atoms with Crippen molar-refractivity contribution in [3.63, 3.8) is 0 Å². The van der Waals surface area contributed by atoms with Crippen molar-refractivity contribution in [2.75, 3.05) is 13.7 Å². The van der Waals surface area contributed by atoms with Crippen molar-refractivity contribution in [3.05, 3.63) is 21.3 Å². The van der Waals surface area contributed by atoms with Gasteiger partial charge in [-0.3, -0.25) is 0 Å². The first-order valence-electron chi connectivity index (χ1n) is 6.27. The number of likely N-dealkylation sites (N-methyl/N-ethyl adjacent to an activating group) is 1. The van der Waals surface area contributed by atoms with Gasteiger partial charge in [-0.1, -0.05) is 18.5 Å². The number of halogens is 1. The maximum atomic E-state index is 5.98. The minimum Gasteiger partial charge on any atom is -0.378 e. The van der Waals surface area contributed by atoms with Crippen molar-refractivity contribution in [1.29, 1.82) is 0 Å². The molecule has 0 spiro atoms. The fraction of sp³-hybridized carbons (Fsp3) is 0.692. The summed E-state index contributed by atoms with van der Waals surface area (Å²) < 4.78 is 6.66. The third kappa shape index (κ3) is 3.22. The molecule has 0 bridgehead atoms. The molecule has 0 amide bonds. The summed E-state index contributed by atoms with van der Waals surface area (Å²) in [5.74, 6) is 0.630. The Bertz CT molecular complexity index is 355. The highest BCUT2D eigenvalue weighted by molar-refractivity contribution is 7.16. The van der Waals surface area contributed by atoms with E-state index in [0.717, 1.165) is 23.8 Å². The van der Waals surface area contributed by atoms with Gasteiger partial charge in [0.1, 0.15) is 0 Å². The van der Waals surface area contributed by atoms with Gasteiger partial charge in [-0.15, -0.1) is 11.3 Å². The molecule has 1 saturated heterocycles. The highest BCUT2D eigenvalue weighted by atomic mass is 35.5. The highest BCUT2D eigenvalue weighted by Crippen LogP contribution is 2.30. The molecule has 4 heteroatoms. The van der Waals surface area contributed by atoms with E-state index < -0.39 is 0 Å². The molecule has 1 fully saturated rings. The van der Waals surface area contributed by atoms with Crippen LogP contribution in [0.2, 0.25) is 4.34 Å². The third-order valence-corrected chi connectivity index (χ3v) is 4.85. The number of nitrogens with one attached hydrogen (secondary N) is 1. The van der Waals surface area contributed by atoms with Crippen LogP contribution in [-0.2, 0) is 11.2 Å². The van der Waals surface area contributed by atoms with E-state index in [9.17, 15) is 0 Å². The first kappa shape index (κ1) is 13.3. The molecule has 2 heterocycles. The van der Waals surface area contributed by atoms with Crippen molar-refractivity contribution in [2.24, 2.45) is 5.92 Å². The van der Waals surface area contributed by atoms with E-state index in [4.69, 9.17) is 16.3 Å². The van der Waals surface area contributed by atoms with Gasteiger partial charge in [-0.25, -0.2) is 0 Å². The average Bonchev–Trinajstić information content (AvgIpc) is 2.94. The summed E-state index contributed by atoms with van der Waals surface area (Å²) in [5, 5.41) is 3.45. The number of rotatable bonds is 5. The number of ether oxygens (including phenoxy) is 1. The predicted octanol–water partition coefficient (Wildman–Crippen LogP) is 3.35. The van der Waals surface area contributed by atoms with E-state index in [1.165, 1.54) is 11.3 Å². The zero-order valence-electron chi connectivity index (χ0n) is 10.4. The first-order valence-corrected chi connectivity index (χ1v) is 7.47. The third-order valence-electron chi connectivity index (χ3n) is 3.60. The topological polar surface area (TPSA) is 21.3 Å². The average molecular weight is 274 g/mol. The second-order valence-electron chi connectivity index (χ2n) is 4.58. The van der Waals surface area contributed by atoms with Crippen molar-refractivity contribution in [3.8, 4) is 0 Å². The van der Waals surface area contributed by atoms with Gasteiger partial charge < -0.3 is 10.1 Å². The fourth-order valence-corrected chi connectivity index (χ4v) is 3.84. The molecule has 1 aromatic rings. The summed E-state index contributed by atoms with van der Waals surface area (Å²) in [5.41, 5.74) is 0. The molecule has 0 aliphatic carbocycles. The number of hydrogen-bond acceptors (Lipinski definition) is 3. The Kier molecular flexibility index (Phi) is 4.86. The molecule has 1 aromatic heterocycles. The largest absolute Gasteiger partial charge is 0.378 e. The Morgan fingerprint density at radius 3 is 3.00 bits per heavy atom. The molecule has 17 heavy (non-hydrogen) atoms. The van der Waals surface area contributed by atoms with Crippen molar-refractivity contribution in [2.45, 2.75) is 38.3 Å². The van der Waals surface area contributed by atoms with Crippen LogP contribution in [0.4, 0.5) is 0 Å². The lowest BCUT2D eigenvalue weighted by atomic mass is 9.89. The molecular formula is C13H20ClNOS. The van der Waals surface area contributed by atoms with E-state index in [0.29, 0.717) is 18.1 Å². The second kappa shape index (κ2) is 6.19. The highest BCUT2D eigenvalue weighted by Gasteiger charge is 2.32. The lowest BCUT2D eigenvalue weighted by molar-refractivity contribution is 0.0784. The van der Waals surface area contributed by atoms with Crippen LogP contribution < -0.4 is 5.32 Å². The minimum atomic E-state index is 0.419. The van der Waals surface area contributed by atoms with Gasteiger partial charge in [-0.2, -0.15) is 0 Å². The number of thiophene rings is 1. The van der Waals surface area contributed by atoms with Gasteiger partial charge in [0, 0.05) is 23.4 Å². The Balaban J connectivity index is 2.00. The van der Waals surface area contributed by atoms with Crippen LogP contribution in [0.1, 0.15) is 24.6 Å². The first-order chi connectivity index (χ1) is 8.24. The van der Waals surface area contributed by atoms with E-state index in [2.05, 4.69) is 18.3 Å². The van der Waals surface area contributed by atoms with Gasteiger partial charge in [-0.05, 0) is 38.4 Å². The van der Waals surface area contributed by atoms with E-state index in [-0.39, 0.29) is 0 Å². The summed E-state index contributed by atoms with van der Waals surface area (Å²) in [6.07, 6.45) is 3.75. The SMILES string of the molecule is CCC1OCCC1C(Cc1ccc(Cl)s1)NC. The quantitative estimate of drug-likeness (QED) is 0.888. The summed E-state index contributed by atoms with van der Waals surface area (Å²) >= 11 is 7.66. The van der Waals surface area contributed by atoms with Gasteiger partial charge in [0.15, 0.2) is 0 Å². The zero-order chi connectivity index (χ0) is 12.3. The van der Waals surface area contributed by atoms with Crippen LogP contribution in [0.15, 0.2) is 12.1 Å². The molecule has 96 valence electrons. The van der Waals surface area contributed by atoms with Crippen LogP contribution in [0.5, 0.6) is 0 Å². The van der Waals surface area contributed by atoms with Crippen molar-refractivity contribution >= 4 is 22.9 Å². The second-order valence-corrected chi connectivity index (χ2v) is 6.37. The maximum absolute atomic E-state index is 5.98. The van der Waals surface area contributed by atoms with E-state index >= 15 is 0 Å². The molecule has 3 unspecified atom stereocenters. The van der Waals surface area contributed by atoms with E-state index in [1.807, 2.05) is 13.1 Å². The molecule has 1 aliphatic heterocycles. The molecule has 2 rings (SSSR count). The normalized spacial score (nSPS) is 26.3. The van der Waals surface area contributed by atoms with E-state index in [1.54, 1.807) is 11.3 Å². The summed E-state index contributed by atoms with van der Waals surface area (Å²) in [6, 6.07) is 4.61. The maximum Gasteiger partial charge on any atom is 0.0931 e. The molecule has 1 aliphatic rings. The molecule has 0 radical (unpaired) electrons. The Morgan fingerprint density at radius 1 is 1.59 bits per heavy atom. The minimum absolute atomic E-state index is 0.419. The predicted molar refractivity (Wildman–Crippen MR) is 74.0 cm³/mol. The molecule has 0 aromatic carbocycles. The van der Waals surface area contributed by atoms with Crippen LogP contribution in [0, 0.1) is 5.92 Å². The van der Waals surface area contributed by atoms with Gasteiger partial charge in [0.05, 0.1) is 10.4 Å². The molecule has 2 nitrogen and oxygen atoms in total. The van der Waals surface area contributed by atoms with Crippen molar-refractivity contribution in [1.82, 2.24) is 5.32 Å². The Labute approximate surface area is 112 Å². The van der Waals surface area contributed by atoms with Crippen LogP contribution in [0.3, 0.4) is 0 Å². The lowest BCUT2D eigenvalue weighted by Gasteiger charge is -2.26. The molecular weight excluding hydrogens is 254 g/mol. The summed E-state index contributed by atoms with van der Waals surface area (Å²) in [6.45, 7) is 3.12. The number of hydrogen-bond donors (Lipinski definition) is 1. The lowest BCUT2D eigenvalue weighted by Crippen LogP contribution is -2.39. The smallest absolute Gasteiger partial charge is 0.0931 e. The van der Waals surface area contributed by atoms with Crippen molar-refractivity contribution < 1.29 is 4.74 Å². The van der Waals surface area contributed by atoms with Gasteiger partial charge >= 0.3 is 0 Å². The van der Waals surface area contributed by atoms with Crippen LogP contribution in [0.25, 0.3) is 0 Å². The summed E-state index contributed by atoms with van der Waals surface area (Å²) in [4.78, 5) is 1.36. The fourth-order valence-electron chi connectivity index (χ4n) is 2.69. The van der Waals surface area contributed by atoms with Crippen LogP contribution >= 0.6 is 22.9 Å². The summed E-state index contributed by atoms with van der Waals surface area (Å²) in [7, 11) is 2.05. The Morgan fingerprint density at radius 2 is 2.41 bits per heavy atom. The van der Waals surface area contributed by atoms with Gasteiger partial charge in [0.25, 0.3) is 0 Å². The van der Waals surface area contributed by atoms with Crippen LogP contribution in [-0.4, -0.2) is 25.8 Å². The standard InChI is InChI=1S/C13H20ClNOS/c1-3-12-10(6-7-16-12)11(15-2)8-9-4-5-13(14)17-9/h4-5,10-12,15H,3,6-8H2,1-2H3. The monoisotopic (exact) mass is 273 g/mol. The zero-order valence-corrected chi connectivity index (χ0v) is 12.0. The molecule has 1 N–H and O–H groups in total. The van der Waals surface area contributed by atoms with Gasteiger partial charge in [0.2, 0.25) is 0 Å². The molecule has 3 atom stereocenters. The molecule has 0 saturated carbocycles.